The number of benzene rings is 1. The van der Waals surface area contributed by atoms with Gasteiger partial charge in [-0.2, -0.15) is 0 Å². The first kappa shape index (κ1) is 13.0. The highest BCUT2D eigenvalue weighted by Crippen LogP contribution is 2.42. The molecule has 18 heavy (non-hydrogen) atoms. The molecule has 0 unspecified atom stereocenters. The molecule has 0 spiro atoms. The van der Waals surface area contributed by atoms with Gasteiger partial charge in [0.05, 0.1) is 5.41 Å². The van der Waals surface area contributed by atoms with E-state index in [-0.39, 0.29) is 5.91 Å². The van der Waals surface area contributed by atoms with Gasteiger partial charge in [0.25, 0.3) is 0 Å². The molecule has 1 aromatic carbocycles. The largest absolute Gasteiger partial charge is 0.329 e. The van der Waals surface area contributed by atoms with E-state index in [1.54, 1.807) is 7.05 Å². The van der Waals surface area contributed by atoms with E-state index >= 15 is 0 Å². The number of nitrogens with two attached hydrogens (primary N) is 1. The Bertz CT molecular complexity index is 467. The lowest BCUT2D eigenvalue weighted by Crippen LogP contribution is -2.51. The van der Waals surface area contributed by atoms with E-state index in [1.807, 2.05) is 0 Å². The Morgan fingerprint density at radius 3 is 2.50 bits per heavy atom. The van der Waals surface area contributed by atoms with Gasteiger partial charge in [-0.3, -0.25) is 4.79 Å². The number of carbonyl (C=O) groups is 1. The van der Waals surface area contributed by atoms with Crippen molar-refractivity contribution in [1.82, 2.24) is 0 Å². The summed E-state index contributed by atoms with van der Waals surface area (Å²) in [5, 5.41) is 0. The number of anilines is 1. The molecule has 0 heterocycles. The van der Waals surface area contributed by atoms with Gasteiger partial charge >= 0.3 is 0 Å². The van der Waals surface area contributed by atoms with Gasteiger partial charge in [0.1, 0.15) is 0 Å². The molecule has 1 amide bonds. The number of hydrogen-bond donors (Lipinski definition) is 1. The maximum absolute atomic E-state index is 13.1. The highest BCUT2D eigenvalue weighted by molar-refractivity contribution is 5.97. The highest BCUT2D eigenvalue weighted by Gasteiger charge is 2.44. The predicted octanol–water partition coefficient (Wildman–Crippen LogP) is 2.06. The fourth-order valence-electron chi connectivity index (χ4n) is 2.28. The third-order valence-electron chi connectivity index (χ3n) is 3.75. The molecule has 0 atom stereocenters. The van der Waals surface area contributed by atoms with Crippen molar-refractivity contribution in [3.63, 3.8) is 0 Å². The molecular weight excluding hydrogens is 238 g/mol. The van der Waals surface area contributed by atoms with Gasteiger partial charge < -0.3 is 10.6 Å². The Balaban J connectivity index is 2.22. The van der Waals surface area contributed by atoms with Gasteiger partial charge in [-0.15, -0.1) is 0 Å². The zero-order chi connectivity index (χ0) is 13.3. The van der Waals surface area contributed by atoms with Crippen molar-refractivity contribution in [3.8, 4) is 0 Å². The second kappa shape index (κ2) is 4.65. The summed E-state index contributed by atoms with van der Waals surface area (Å²) in [6.45, 7) is 0.292. The Kier molecular flexibility index (Phi) is 3.34. The summed E-state index contributed by atoms with van der Waals surface area (Å²) in [6, 6.07) is 3.43. The molecule has 2 rings (SSSR count). The van der Waals surface area contributed by atoms with Crippen molar-refractivity contribution < 1.29 is 13.6 Å². The Labute approximate surface area is 105 Å². The Hall–Kier alpha value is -1.49. The first-order chi connectivity index (χ1) is 8.50. The lowest BCUT2D eigenvalue weighted by Gasteiger charge is -2.41. The highest BCUT2D eigenvalue weighted by atomic mass is 19.2. The molecule has 1 fully saturated rings. The van der Waals surface area contributed by atoms with Crippen LogP contribution in [-0.4, -0.2) is 19.5 Å². The first-order valence-corrected chi connectivity index (χ1v) is 5.93. The van der Waals surface area contributed by atoms with Crippen molar-refractivity contribution in [2.24, 2.45) is 11.1 Å². The summed E-state index contributed by atoms with van der Waals surface area (Å²) in [4.78, 5) is 13.7. The monoisotopic (exact) mass is 254 g/mol. The van der Waals surface area contributed by atoms with Crippen molar-refractivity contribution in [2.45, 2.75) is 19.3 Å². The average Bonchev–Trinajstić information content (AvgIpc) is 2.31. The number of rotatable bonds is 3. The van der Waals surface area contributed by atoms with E-state index in [2.05, 4.69) is 0 Å². The van der Waals surface area contributed by atoms with Crippen molar-refractivity contribution in [3.05, 3.63) is 29.8 Å². The molecule has 1 saturated carbocycles. The number of hydrogen-bond acceptors (Lipinski definition) is 2. The number of nitrogens with zero attached hydrogens (tertiary/aromatic N) is 1. The van der Waals surface area contributed by atoms with E-state index in [9.17, 15) is 13.6 Å². The maximum Gasteiger partial charge on any atom is 0.234 e. The zero-order valence-corrected chi connectivity index (χ0v) is 10.2. The lowest BCUT2D eigenvalue weighted by molar-refractivity contribution is -0.131. The maximum atomic E-state index is 13.1. The molecular formula is C13H16F2N2O. The number of carbonyl (C=O) groups excluding carboxylic acids is 1. The molecule has 0 saturated heterocycles. The molecule has 98 valence electrons. The number of amides is 1. The van der Waals surface area contributed by atoms with E-state index in [0.717, 1.165) is 31.4 Å². The van der Waals surface area contributed by atoms with Crippen LogP contribution in [0.5, 0.6) is 0 Å². The summed E-state index contributed by atoms with van der Waals surface area (Å²) in [7, 11) is 1.56. The fourth-order valence-corrected chi connectivity index (χ4v) is 2.28. The second-order valence-electron chi connectivity index (χ2n) is 4.80. The summed E-state index contributed by atoms with van der Waals surface area (Å²) >= 11 is 0. The van der Waals surface area contributed by atoms with Crippen LogP contribution in [0.2, 0.25) is 0 Å². The average molecular weight is 254 g/mol. The van der Waals surface area contributed by atoms with Gasteiger partial charge in [0.15, 0.2) is 11.6 Å². The summed E-state index contributed by atoms with van der Waals surface area (Å²) in [6.07, 6.45) is 2.50. The van der Waals surface area contributed by atoms with E-state index in [0.29, 0.717) is 12.2 Å². The molecule has 0 aromatic heterocycles. The molecule has 1 aliphatic rings. The minimum absolute atomic E-state index is 0.123. The zero-order valence-electron chi connectivity index (χ0n) is 10.2. The first-order valence-electron chi connectivity index (χ1n) is 5.93. The normalized spacial score (nSPS) is 17.1. The second-order valence-corrected chi connectivity index (χ2v) is 4.80. The Morgan fingerprint density at radius 2 is 2.06 bits per heavy atom. The molecule has 3 nitrogen and oxygen atoms in total. The standard InChI is InChI=1S/C13H16F2N2O/c1-17(9-3-4-10(14)11(15)7-9)12(18)13(8-16)5-2-6-13/h3-4,7H,2,5-6,8,16H2,1H3. The topological polar surface area (TPSA) is 46.3 Å². The molecule has 0 bridgehead atoms. The molecule has 5 heteroatoms. The molecule has 2 N–H and O–H groups in total. The van der Waals surface area contributed by atoms with Crippen LogP contribution in [0.15, 0.2) is 18.2 Å². The molecule has 0 radical (unpaired) electrons. The minimum Gasteiger partial charge on any atom is -0.329 e. The summed E-state index contributed by atoms with van der Waals surface area (Å²) < 4.78 is 26.0. The SMILES string of the molecule is CN(C(=O)C1(CN)CCC1)c1ccc(F)c(F)c1. The molecule has 1 aliphatic carbocycles. The smallest absolute Gasteiger partial charge is 0.234 e. The van der Waals surface area contributed by atoms with Gasteiger partial charge in [0, 0.05) is 25.3 Å². The molecule has 0 aliphatic heterocycles. The van der Waals surface area contributed by atoms with E-state index in [4.69, 9.17) is 5.73 Å². The van der Waals surface area contributed by atoms with Crippen LogP contribution < -0.4 is 10.6 Å². The van der Waals surface area contributed by atoms with E-state index in [1.165, 1.54) is 11.0 Å². The quantitative estimate of drug-likeness (QED) is 0.897. The predicted molar refractivity (Wildman–Crippen MR) is 65.1 cm³/mol. The van der Waals surface area contributed by atoms with Crippen LogP contribution in [0.4, 0.5) is 14.5 Å². The van der Waals surface area contributed by atoms with Gasteiger partial charge in [0.2, 0.25) is 5.91 Å². The van der Waals surface area contributed by atoms with Crippen LogP contribution >= 0.6 is 0 Å². The third kappa shape index (κ3) is 1.99. The van der Waals surface area contributed by atoms with Crippen LogP contribution in [0.3, 0.4) is 0 Å². The van der Waals surface area contributed by atoms with Gasteiger partial charge in [-0.25, -0.2) is 8.78 Å². The molecule has 1 aromatic rings. The lowest BCUT2D eigenvalue weighted by atomic mass is 9.68. The van der Waals surface area contributed by atoms with Gasteiger partial charge in [-0.05, 0) is 25.0 Å². The van der Waals surface area contributed by atoms with E-state index < -0.39 is 17.0 Å². The summed E-state index contributed by atoms with van der Waals surface area (Å²) in [5.74, 6) is -2.00. The van der Waals surface area contributed by atoms with Crippen LogP contribution in [0.1, 0.15) is 19.3 Å². The summed E-state index contributed by atoms with van der Waals surface area (Å²) in [5.41, 5.74) is 5.49. The van der Waals surface area contributed by atoms with Gasteiger partial charge in [-0.1, -0.05) is 6.42 Å². The third-order valence-corrected chi connectivity index (χ3v) is 3.75. The van der Waals surface area contributed by atoms with Crippen LogP contribution in [0.25, 0.3) is 0 Å². The minimum atomic E-state index is -0.956. The van der Waals surface area contributed by atoms with Crippen LogP contribution in [0, 0.1) is 17.0 Å². The van der Waals surface area contributed by atoms with Crippen molar-refractivity contribution >= 4 is 11.6 Å². The van der Waals surface area contributed by atoms with Crippen molar-refractivity contribution in [1.29, 1.82) is 0 Å². The number of halogens is 2. The Morgan fingerprint density at radius 1 is 1.39 bits per heavy atom. The van der Waals surface area contributed by atoms with Crippen LogP contribution in [-0.2, 0) is 4.79 Å². The fraction of sp³-hybridized carbons (Fsp3) is 0.462. The van der Waals surface area contributed by atoms with Crippen molar-refractivity contribution in [2.75, 3.05) is 18.5 Å².